The van der Waals surface area contributed by atoms with Crippen molar-refractivity contribution >= 4 is 11.3 Å². The number of thiophene rings is 1. The van der Waals surface area contributed by atoms with Crippen LogP contribution in [0.15, 0.2) is 55.0 Å². The minimum Gasteiger partial charge on any atom is -0.245 e. The number of benzene rings is 1. The van der Waals surface area contributed by atoms with E-state index in [9.17, 15) is 0 Å². The van der Waals surface area contributed by atoms with Crippen LogP contribution in [0.5, 0.6) is 0 Å². The Balaban J connectivity index is 2.17. The highest BCUT2D eigenvalue weighted by Gasteiger charge is 2.12. The Hall–Kier alpha value is -2.00. The molecular formula is C16H14N2S. The summed E-state index contributed by atoms with van der Waals surface area (Å²) in [5.74, 6) is 0. The van der Waals surface area contributed by atoms with Crippen LogP contribution in [-0.4, -0.2) is 9.97 Å². The molecule has 0 saturated heterocycles. The number of aryl methyl sites for hydroxylation is 1. The average molecular weight is 266 g/mol. The molecule has 3 heteroatoms. The largest absolute Gasteiger partial charge is 0.245 e. The number of hydrogen-bond acceptors (Lipinski definition) is 3. The van der Waals surface area contributed by atoms with Crippen molar-refractivity contribution in [2.75, 3.05) is 0 Å². The molecule has 0 fully saturated rings. The van der Waals surface area contributed by atoms with Gasteiger partial charge in [0.15, 0.2) is 0 Å². The fourth-order valence-corrected chi connectivity index (χ4v) is 3.16. The van der Waals surface area contributed by atoms with E-state index >= 15 is 0 Å². The van der Waals surface area contributed by atoms with Crippen molar-refractivity contribution in [3.63, 3.8) is 0 Å². The van der Waals surface area contributed by atoms with Crippen molar-refractivity contribution in [1.82, 2.24) is 9.97 Å². The highest BCUT2D eigenvalue weighted by atomic mass is 32.1. The first kappa shape index (κ1) is 12.1. The van der Waals surface area contributed by atoms with E-state index in [2.05, 4.69) is 47.2 Å². The molecule has 0 amide bonds. The number of hydrogen-bond donors (Lipinski definition) is 0. The van der Waals surface area contributed by atoms with Gasteiger partial charge in [-0.05, 0) is 24.1 Å². The molecule has 0 saturated carbocycles. The minimum atomic E-state index is 0.999. The molecule has 0 atom stereocenters. The second-order valence-corrected chi connectivity index (χ2v) is 5.41. The second kappa shape index (κ2) is 5.33. The SMILES string of the molecule is CCc1cc(-c2ccccc2)c(-c2ccncn2)s1. The zero-order chi connectivity index (χ0) is 13.1. The molecule has 2 aromatic heterocycles. The fourth-order valence-electron chi connectivity index (χ4n) is 2.06. The summed E-state index contributed by atoms with van der Waals surface area (Å²) in [6.45, 7) is 2.18. The molecule has 0 aliphatic rings. The molecule has 3 aromatic rings. The Labute approximate surface area is 116 Å². The summed E-state index contributed by atoms with van der Waals surface area (Å²) >= 11 is 1.82. The van der Waals surface area contributed by atoms with Gasteiger partial charge in [-0.15, -0.1) is 11.3 Å². The van der Waals surface area contributed by atoms with Gasteiger partial charge in [0.25, 0.3) is 0 Å². The van der Waals surface area contributed by atoms with Gasteiger partial charge in [-0.1, -0.05) is 37.3 Å². The summed E-state index contributed by atoms with van der Waals surface area (Å²) in [5, 5.41) is 0. The van der Waals surface area contributed by atoms with Crippen LogP contribution in [0.4, 0.5) is 0 Å². The predicted molar refractivity (Wildman–Crippen MR) is 80.2 cm³/mol. The zero-order valence-electron chi connectivity index (χ0n) is 10.7. The number of aromatic nitrogens is 2. The van der Waals surface area contributed by atoms with E-state index in [0.717, 1.165) is 12.1 Å². The molecule has 1 aromatic carbocycles. The van der Waals surface area contributed by atoms with E-state index in [4.69, 9.17) is 0 Å². The summed E-state index contributed by atoms with van der Waals surface area (Å²) in [4.78, 5) is 11.0. The van der Waals surface area contributed by atoms with Crippen molar-refractivity contribution in [1.29, 1.82) is 0 Å². The van der Waals surface area contributed by atoms with Crippen molar-refractivity contribution in [2.45, 2.75) is 13.3 Å². The van der Waals surface area contributed by atoms with Gasteiger partial charge in [-0.3, -0.25) is 0 Å². The molecule has 0 aliphatic heterocycles. The molecular weight excluding hydrogens is 252 g/mol. The van der Waals surface area contributed by atoms with Gasteiger partial charge in [0.2, 0.25) is 0 Å². The first-order valence-corrected chi connectivity index (χ1v) is 7.14. The van der Waals surface area contributed by atoms with Gasteiger partial charge in [0.05, 0.1) is 10.6 Å². The second-order valence-electron chi connectivity index (χ2n) is 4.27. The van der Waals surface area contributed by atoms with Crippen LogP contribution in [0.3, 0.4) is 0 Å². The van der Waals surface area contributed by atoms with Gasteiger partial charge >= 0.3 is 0 Å². The van der Waals surface area contributed by atoms with E-state index < -0.39 is 0 Å². The van der Waals surface area contributed by atoms with E-state index in [1.54, 1.807) is 12.5 Å². The lowest BCUT2D eigenvalue weighted by Gasteiger charge is -2.02. The monoisotopic (exact) mass is 266 g/mol. The third-order valence-electron chi connectivity index (χ3n) is 3.03. The van der Waals surface area contributed by atoms with Crippen molar-refractivity contribution < 1.29 is 0 Å². The molecule has 2 heterocycles. The molecule has 2 nitrogen and oxygen atoms in total. The molecule has 0 spiro atoms. The minimum absolute atomic E-state index is 0.999. The maximum Gasteiger partial charge on any atom is 0.116 e. The topological polar surface area (TPSA) is 25.8 Å². The Kier molecular flexibility index (Phi) is 3.38. The molecule has 3 rings (SSSR count). The summed E-state index contributed by atoms with van der Waals surface area (Å²) in [5.41, 5.74) is 3.51. The Morgan fingerprint density at radius 2 is 1.95 bits per heavy atom. The van der Waals surface area contributed by atoms with Crippen LogP contribution in [0.1, 0.15) is 11.8 Å². The third kappa shape index (κ3) is 2.42. The van der Waals surface area contributed by atoms with Crippen LogP contribution in [0.2, 0.25) is 0 Å². The van der Waals surface area contributed by atoms with Gasteiger partial charge < -0.3 is 0 Å². The molecule has 0 aliphatic carbocycles. The smallest absolute Gasteiger partial charge is 0.116 e. The quantitative estimate of drug-likeness (QED) is 0.700. The lowest BCUT2D eigenvalue weighted by Crippen LogP contribution is -1.83. The van der Waals surface area contributed by atoms with Crippen LogP contribution >= 0.6 is 11.3 Å². The maximum atomic E-state index is 4.38. The van der Waals surface area contributed by atoms with Gasteiger partial charge in [0.1, 0.15) is 6.33 Å². The summed E-state index contributed by atoms with van der Waals surface area (Å²) < 4.78 is 0. The highest BCUT2D eigenvalue weighted by Crippen LogP contribution is 2.38. The third-order valence-corrected chi connectivity index (χ3v) is 4.33. The zero-order valence-corrected chi connectivity index (χ0v) is 11.5. The average Bonchev–Trinajstić information content (AvgIpc) is 2.93. The molecule has 0 unspecified atom stereocenters. The number of nitrogens with zero attached hydrogens (tertiary/aromatic N) is 2. The van der Waals surface area contributed by atoms with E-state index in [1.807, 2.05) is 23.5 Å². The van der Waals surface area contributed by atoms with Gasteiger partial charge in [-0.2, -0.15) is 0 Å². The van der Waals surface area contributed by atoms with Crippen LogP contribution in [-0.2, 0) is 6.42 Å². The molecule has 0 radical (unpaired) electrons. The summed E-state index contributed by atoms with van der Waals surface area (Å²) in [7, 11) is 0. The van der Waals surface area contributed by atoms with Crippen LogP contribution in [0, 0.1) is 0 Å². The Morgan fingerprint density at radius 1 is 1.11 bits per heavy atom. The van der Waals surface area contributed by atoms with Crippen molar-refractivity contribution in [3.05, 3.63) is 59.9 Å². The van der Waals surface area contributed by atoms with Gasteiger partial charge in [-0.25, -0.2) is 9.97 Å². The summed E-state index contributed by atoms with van der Waals surface area (Å²) in [6.07, 6.45) is 4.45. The Bertz CT molecular complexity index is 603. The van der Waals surface area contributed by atoms with Crippen molar-refractivity contribution in [2.24, 2.45) is 0 Å². The fraction of sp³-hybridized carbons (Fsp3) is 0.125. The van der Waals surface area contributed by atoms with E-state index in [0.29, 0.717) is 0 Å². The predicted octanol–water partition coefficient (Wildman–Crippen LogP) is 4.43. The standard InChI is InChI=1S/C16H14N2S/c1-2-13-10-14(12-6-4-3-5-7-12)16(19-13)15-8-9-17-11-18-15/h3-11H,2H2,1H3. The molecule has 0 bridgehead atoms. The highest BCUT2D eigenvalue weighted by molar-refractivity contribution is 7.16. The maximum absolute atomic E-state index is 4.38. The Morgan fingerprint density at radius 3 is 2.63 bits per heavy atom. The lowest BCUT2D eigenvalue weighted by molar-refractivity contribution is 1.18. The summed E-state index contributed by atoms with van der Waals surface area (Å²) in [6, 6.07) is 14.7. The van der Waals surface area contributed by atoms with E-state index in [-0.39, 0.29) is 0 Å². The lowest BCUT2D eigenvalue weighted by atomic mass is 10.0. The number of rotatable bonds is 3. The first-order valence-electron chi connectivity index (χ1n) is 6.33. The molecule has 19 heavy (non-hydrogen) atoms. The van der Waals surface area contributed by atoms with E-state index in [1.165, 1.54) is 20.9 Å². The van der Waals surface area contributed by atoms with Crippen molar-refractivity contribution in [3.8, 4) is 21.7 Å². The van der Waals surface area contributed by atoms with Crippen LogP contribution < -0.4 is 0 Å². The van der Waals surface area contributed by atoms with Gasteiger partial charge in [0, 0.05) is 16.6 Å². The van der Waals surface area contributed by atoms with Crippen LogP contribution in [0.25, 0.3) is 21.7 Å². The normalized spacial score (nSPS) is 10.6. The molecule has 0 N–H and O–H groups in total. The molecule has 94 valence electrons. The first-order chi connectivity index (χ1) is 9.38.